The molecule has 1 nitrogen and oxygen atoms in total. The Morgan fingerprint density at radius 1 is 1.21 bits per heavy atom. The molecule has 1 unspecified atom stereocenters. The molecular weight excluding hydrogens is 192 g/mol. The van der Waals surface area contributed by atoms with Gasteiger partial charge in [0.15, 0.2) is 0 Å². The first-order valence-electron chi connectivity index (χ1n) is 4.98. The van der Waals surface area contributed by atoms with Crippen molar-refractivity contribution in [3.8, 4) is 0 Å². The van der Waals surface area contributed by atoms with Gasteiger partial charge in [-0.25, -0.2) is 0 Å². The highest BCUT2D eigenvalue weighted by Gasteiger charge is 2.01. The first-order chi connectivity index (χ1) is 6.59. The van der Waals surface area contributed by atoms with Crippen molar-refractivity contribution in [2.45, 2.75) is 26.2 Å². The highest BCUT2D eigenvalue weighted by molar-refractivity contribution is 7.90. The zero-order valence-electron chi connectivity index (χ0n) is 9.12. The van der Waals surface area contributed by atoms with Crippen molar-refractivity contribution in [3.63, 3.8) is 0 Å². The fourth-order valence-electron chi connectivity index (χ4n) is 1.33. The Balaban J connectivity index is 2.55. The number of hydrogen-bond acceptors (Lipinski definition) is 1. The number of benzene rings is 1. The molecular formula is C12H18OS. The molecule has 78 valence electrons. The molecule has 0 aliphatic heterocycles. The molecule has 0 aliphatic rings. The maximum absolute atomic E-state index is 10.9. The molecule has 1 rings (SSSR count). The van der Waals surface area contributed by atoms with Crippen molar-refractivity contribution in [3.05, 3.63) is 35.4 Å². The molecule has 0 amide bonds. The van der Waals surface area contributed by atoms with Gasteiger partial charge in [0.1, 0.15) is 5.75 Å². The lowest BCUT2D eigenvalue weighted by Crippen LogP contribution is -2.05. The third kappa shape index (κ3) is 3.72. The third-order valence-electron chi connectivity index (χ3n) is 2.32. The van der Waals surface area contributed by atoms with Gasteiger partial charge in [0.25, 0.3) is 0 Å². The van der Waals surface area contributed by atoms with E-state index in [0.29, 0.717) is 5.92 Å². The van der Waals surface area contributed by atoms with Crippen molar-refractivity contribution in [2.75, 3.05) is 12.0 Å². The fraction of sp³-hybridized carbons (Fsp3) is 0.500. The molecule has 0 radical (unpaired) electrons. The summed E-state index contributed by atoms with van der Waals surface area (Å²) in [7, 11) is 0. The van der Waals surface area contributed by atoms with E-state index in [1.807, 2.05) is 0 Å². The minimum Gasteiger partial charge on any atom is -0.617 e. The van der Waals surface area contributed by atoms with E-state index in [1.165, 1.54) is 11.1 Å². The molecule has 2 heteroatoms. The van der Waals surface area contributed by atoms with Crippen molar-refractivity contribution >= 4 is 11.2 Å². The summed E-state index contributed by atoms with van der Waals surface area (Å²) < 4.78 is 10.9. The standard InChI is InChI=1S/C12H18OS/c1-10(2)12-6-4-11(5-7-12)8-9-14(3)13/h4-7,10H,8-9H2,1-3H3. The zero-order valence-corrected chi connectivity index (χ0v) is 9.93. The average molecular weight is 210 g/mol. The molecule has 0 heterocycles. The van der Waals surface area contributed by atoms with E-state index >= 15 is 0 Å². The van der Waals surface area contributed by atoms with Crippen LogP contribution in [0.4, 0.5) is 0 Å². The number of hydrogen-bond donors (Lipinski definition) is 0. The van der Waals surface area contributed by atoms with Gasteiger partial charge in [0.05, 0.1) is 6.26 Å². The normalized spacial score (nSPS) is 13.2. The van der Waals surface area contributed by atoms with Crippen molar-refractivity contribution in [2.24, 2.45) is 0 Å². The molecule has 0 saturated heterocycles. The third-order valence-corrected chi connectivity index (χ3v) is 3.10. The van der Waals surface area contributed by atoms with Crippen LogP contribution in [0.1, 0.15) is 30.9 Å². The van der Waals surface area contributed by atoms with Gasteiger partial charge in [0.2, 0.25) is 0 Å². The molecule has 0 spiro atoms. The summed E-state index contributed by atoms with van der Waals surface area (Å²) in [4.78, 5) is 0. The molecule has 1 aromatic carbocycles. The average Bonchev–Trinajstić information content (AvgIpc) is 2.15. The topological polar surface area (TPSA) is 23.1 Å². The van der Waals surface area contributed by atoms with Crippen LogP contribution in [0.2, 0.25) is 0 Å². The lowest BCUT2D eigenvalue weighted by Gasteiger charge is -2.07. The van der Waals surface area contributed by atoms with Gasteiger partial charge >= 0.3 is 0 Å². The van der Waals surface area contributed by atoms with Gasteiger partial charge in [-0.2, -0.15) is 0 Å². The Kier molecular flexibility index (Phi) is 4.49. The highest BCUT2D eigenvalue weighted by atomic mass is 32.2. The van der Waals surface area contributed by atoms with E-state index in [-0.39, 0.29) is 0 Å². The quantitative estimate of drug-likeness (QED) is 0.701. The summed E-state index contributed by atoms with van der Waals surface area (Å²) in [6, 6.07) is 8.61. The molecule has 14 heavy (non-hydrogen) atoms. The van der Waals surface area contributed by atoms with Gasteiger partial charge in [0, 0.05) is 6.42 Å². The SMILES string of the molecule is CC(C)c1ccc(CC[S+](C)[O-])cc1. The molecule has 0 fully saturated rings. The largest absolute Gasteiger partial charge is 0.617 e. The predicted octanol–water partition coefficient (Wildman–Crippen LogP) is 2.73. The summed E-state index contributed by atoms with van der Waals surface area (Å²) in [5, 5.41) is 0. The Labute approximate surface area is 89.7 Å². The molecule has 0 bridgehead atoms. The van der Waals surface area contributed by atoms with Gasteiger partial charge in [-0.1, -0.05) is 49.3 Å². The highest BCUT2D eigenvalue weighted by Crippen LogP contribution is 2.15. The van der Waals surface area contributed by atoms with Crippen molar-refractivity contribution in [1.82, 2.24) is 0 Å². The molecule has 0 aromatic heterocycles. The second kappa shape index (κ2) is 5.42. The first kappa shape index (κ1) is 11.6. The lowest BCUT2D eigenvalue weighted by atomic mass is 10.0. The maximum atomic E-state index is 10.9. The molecule has 0 saturated carbocycles. The maximum Gasteiger partial charge on any atom is 0.109 e. The lowest BCUT2D eigenvalue weighted by molar-refractivity contribution is 0.600. The smallest absolute Gasteiger partial charge is 0.109 e. The Morgan fingerprint density at radius 3 is 2.21 bits per heavy atom. The van der Waals surface area contributed by atoms with E-state index in [9.17, 15) is 4.55 Å². The van der Waals surface area contributed by atoms with Crippen LogP contribution in [0.25, 0.3) is 0 Å². The van der Waals surface area contributed by atoms with Crippen LogP contribution in [-0.4, -0.2) is 16.6 Å². The van der Waals surface area contributed by atoms with Crippen molar-refractivity contribution < 1.29 is 4.55 Å². The second-order valence-electron chi connectivity index (χ2n) is 3.92. The van der Waals surface area contributed by atoms with Gasteiger partial charge in [-0.15, -0.1) is 0 Å². The number of aryl methyl sites for hydroxylation is 1. The van der Waals surface area contributed by atoms with Crippen molar-refractivity contribution in [1.29, 1.82) is 0 Å². The first-order valence-corrected chi connectivity index (χ1v) is 6.71. The molecule has 1 aromatic rings. The van der Waals surface area contributed by atoms with E-state index < -0.39 is 11.2 Å². The Hall–Kier alpha value is -0.470. The Bertz CT molecular complexity index is 264. The minimum absolute atomic E-state index is 0.587. The van der Waals surface area contributed by atoms with Crippen LogP contribution in [0.3, 0.4) is 0 Å². The Morgan fingerprint density at radius 2 is 1.79 bits per heavy atom. The number of rotatable bonds is 4. The van der Waals surface area contributed by atoms with E-state index in [1.54, 1.807) is 6.26 Å². The predicted molar refractivity (Wildman–Crippen MR) is 63.2 cm³/mol. The van der Waals surface area contributed by atoms with Crippen LogP contribution in [0.15, 0.2) is 24.3 Å². The van der Waals surface area contributed by atoms with Gasteiger partial charge in [-0.05, 0) is 17.0 Å². The van der Waals surface area contributed by atoms with E-state index in [0.717, 1.165) is 12.2 Å². The summed E-state index contributed by atoms with van der Waals surface area (Å²) in [6.07, 6.45) is 2.67. The summed E-state index contributed by atoms with van der Waals surface area (Å²) >= 11 is -0.680. The second-order valence-corrected chi connectivity index (χ2v) is 5.48. The van der Waals surface area contributed by atoms with Crippen LogP contribution >= 0.6 is 0 Å². The fourth-order valence-corrected chi connectivity index (χ4v) is 1.85. The molecule has 1 atom stereocenters. The van der Waals surface area contributed by atoms with E-state index in [4.69, 9.17) is 0 Å². The van der Waals surface area contributed by atoms with Gasteiger partial charge in [-0.3, -0.25) is 0 Å². The molecule has 0 aliphatic carbocycles. The van der Waals surface area contributed by atoms with Crippen LogP contribution in [-0.2, 0) is 17.6 Å². The van der Waals surface area contributed by atoms with E-state index in [2.05, 4.69) is 38.1 Å². The van der Waals surface area contributed by atoms with Crippen LogP contribution in [0, 0.1) is 0 Å². The minimum atomic E-state index is -0.680. The zero-order chi connectivity index (χ0) is 10.6. The van der Waals surface area contributed by atoms with Crippen LogP contribution in [0.5, 0.6) is 0 Å². The van der Waals surface area contributed by atoms with Crippen LogP contribution < -0.4 is 0 Å². The summed E-state index contributed by atoms with van der Waals surface area (Å²) in [5.41, 5.74) is 2.65. The summed E-state index contributed by atoms with van der Waals surface area (Å²) in [5.74, 6) is 1.35. The summed E-state index contributed by atoms with van der Waals surface area (Å²) in [6.45, 7) is 4.38. The van der Waals surface area contributed by atoms with Gasteiger partial charge < -0.3 is 4.55 Å². The molecule has 0 N–H and O–H groups in total. The monoisotopic (exact) mass is 210 g/mol.